The summed E-state index contributed by atoms with van der Waals surface area (Å²) in [4.78, 5) is 4.56. The van der Waals surface area contributed by atoms with Crippen molar-refractivity contribution in [1.82, 2.24) is 19.7 Å². The molecule has 0 radical (unpaired) electrons. The highest BCUT2D eigenvalue weighted by Gasteiger charge is 2.37. The smallest absolute Gasteiger partial charge is 0.196 e. The first-order valence-corrected chi connectivity index (χ1v) is 14.0. The van der Waals surface area contributed by atoms with Crippen LogP contribution in [0.4, 0.5) is 5.69 Å². The van der Waals surface area contributed by atoms with E-state index in [9.17, 15) is 0 Å². The number of benzene rings is 2. The number of thioether (sulfide) groups is 1. The molecule has 2 unspecified atom stereocenters. The van der Waals surface area contributed by atoms with Gasteiger partial charge in [-0.1, -0.05) is 60.3 Å². The minimum absolute atomic E-state index is 0.190. The van der Waals surface area contributed by atoms with E-state index in [-0.39, 0.29) is 5.25 Å². The van der Waals surface area contributed by atoms with Crippen molar-refractivity contribution in [3.63, 3.8) is 0 Å². The van der Waals surface area contributed by atoms with Crippen molar-refractivity contribution in [2.45, 2.75) is 35.6 Å². The molecule has 0 spiro atoms. The van der Waals surface area contributed by atoms with E-state index < -0.39 is 0 Å². The van der Waals surface area contributed by atoms with Crippen LogP contribution in [0.1, 0.15) is 41.8 Å². The highest BCUT2D eigenvalue weighted by molar-refractivity contribution is 7.99. The van der Waals surface area contributed by atoms with E-state index in [1.54, 1.807) is 0 Å². The molecular formula is C30H35N5S. The Balaban J connectivity index is 1.41. The summed E-state index contributed by atoms with van der Waals surface area (Å²) < 4.78 is 2.33. The zero-order chi connectivity index (χ0) is 24.6. The predicted octanol–water partition coefficient (Wildman–Crippen LogP) is 6.11. The van der Waals surface area contributed by atoms with E-state index in [0.29, 0.717) is 11.8 Å². The molecule has 2 heterocycles. The first-order chi connectivity index (χ1) is 17.6. The summed E-state index contributed by atoms with van der Waals surface area (Å²) >= 11 is 1.83. The maximum Gasteiger partial charge on any atom is 0.196 e. The molecule has 2 aliphatic carbocycles. The molecule has 1 aliphatic heterocycles. The summed E-state index contributed by atoms with van der Waals surface area (Å²) in [6.07, 6.45) is 10.9. The standard InChI is InChI=1S/C30H35N5S/c1-33(2)26-13-15-27(16-14-26)35-29(24-10-7-17-34(3)20-24)31-32-30(35)36-28(21-8-5-4-6-9-21)23-12-11-22-18-25(22)19-23/h4-6,8-9,11-16,19,22,24-25,28H,7,10,17-18,20H2,1-3H3/t22-,24?,25-,28?/m0/s1. The van der Waals surface area contributed by atoms with Crippen molar-refractivity contribution >= 4 is 17.4 Å². The van der Waals surface area contributed by atoms with E-state index in [0.717, 1.165) is 42.1 Å². The molecule has 0 amide bonds. The second-order valence-corrected chi connectivity index (χ2v) is 11.8. The fraction of sp³-hybridized carbons (Fsp3) is 0.400. The molecule has 6 heteroatoms. The van der Waals surface area contributed by atoms with Gasteiger partial charge in [-0.3, -0.25) is 4.57 Å². The van der Waals surface area contributed by atoms with Crippen LogP contribution in [0, 0.1) is 11.8 Å². The minimum atomic E-state index is 0.190. The first kappa shape index (κ1) is 23.6. The number of hydrogen-bond donors (Lipinski definition) is 0. The third-order valence-electron chi connectivity index (χ3n) is 7.73. The highest BCUT2D eigenvalue weighted by atomic mass is 32.2. The fourth-order valence-electron chi connectivity index (χ4n) is 5.56. The van der Waals surface area contributed by atoms with Crippen LogP contribution in [-0.2, 0) is 0 Å². The molecule has 6 rings (SSSR count). The fourth-order valence-corrected chi connectivity index (χ4v) is 6.75. The third-order valence-corrected chi connectivity index (χ3v) is 8.99. The quantitative estimate of drug-likeness (QED) is 0.368. The van der Waals surface area contributed by atoms with Gasteiger partial charge in [-0.25, -0.2) is 0 Å². The van der Waals surface area contributed by atoms with Gasteiger partial charge in [-0.2, -0.15) is 0 Å². The number of rotatable bonds is 7. The van der Waals surface area contributed by atoms with Crippen LogP contribution in [0.25, 0.3) is 5.69 Å². The average Bonchev–Trinajstić information content (AvgIpc) is 3.56. The Morgan fingerprint density at radius 3 is 2.53 bits per heavy atom. The maximum absolute atomic E-state index is 4.84. The molecule has 3 aliphatic rings. The topological polar surface area (TPSA) is 37.2 Å². The number of nitrogens with zero attached hydrogens (tertiary/aromatic N) is 5. The number of fused-ring (bicyclic) bond motifs is 1. The number of aromatic nitrogens is 3. The number of hydrogen-bond acceptors (Lipinski definition) is 5. The van der Waals surface area contributed by atoms with Gasteiger partial charge in [0.2, 0.25) is 0 Å². The number of piperidine rings is 1. The zero-order valence-electron chi connectivity index (χ0n) is 21.4. The van der Waals surface area contributed by atoms with Crippen LogP contribution in [0.15, 0.2) is 83.6 Å². The van der Waals surface area contributed by atoms with Crippen molar-refractivity contribution < 1.29 is 0 Å². The van der Waals surface area contributed by atoms with Crippen LogP contribution >= 0.6 is 11.8 Å². The predicted molar refractivity (Wildman–Crippen MR) is 149 cm³/mol. The van der Waals surface area contributed by atoms with Crippen molar-refractivity contribution in [3.05, 3.63) is 89.8 Å². The molecule has 1 aromatic heterocycles. The number of allylic oxidation sites excluding steroid dienone is 3. The molecule has 0 N–H and O–H groups in total. The van der Waals surface area contributed by atoms with Crippen LogP contribution in [0.2, 0.25) is 0 Å². The lowest BCUT2D eigenvalue weighted by Gasteiger charge is -2.29. The Bertz CT molecular complexity index is 1260. The Morgan fingerprint density at radius 2 is 1.81 bits per heavy atom. The molecule has 186 valence electrons. The van der Waals surface area contributed by atoms with Crippen molar-refractivity contribution in [2.75, 3.05) is 39.1 Å². The van der Waals surface area contributed by atoms with Crippen molar-refractivity contribution in [2.24, 2.45) is 11.8 Å². The van der Waals surface area contributed by atoms with E-state index in [1.165, 1.54) is 29.7 Å². The lowest BCUT2D eigenvalue weighted by Crippen LogP contribution is -2.32. The summed E-state index contributed by atoms with van der Waals surface area (Å²) in [5.74, 6) is 2.93. The van der Waals surface area contributed by atoms with Gasteiger partial charge in [0.1, 0.15) is 5.82 Å². The van der Waals surface area contributed by atoms with Crippen molar-refractivity contribution in [1.29, 1.82) is 0 Å². The van der Waals surface area contributed by atoms with Gasteiger partial charge in [0.25, 0.3) is 0 Å². The maximum atomic E-state index is 4.84. The molecule has 2 fully saturated rings. The zero-order valence-corrected chi connectivity index (χ0v) is 22.2. The highest BCUT2D eigenvalue weighted by Crippen LogP contribution is 2.50. The average molecular weight is 498 g/mol. The van der Waals surface area contributed by atoms with E-state index in [2.05, 4.69) is 108 Å². The SMILES string of the molecule is CN1CCCC(c2nnc(SC(C3=C[C@@H]4C[C@@H]4C=C3)c3ccccc3)n2-c2ccc(N(C)C)cc2)C1. The molecule has 3 aromatic rings. The first-order valence-electron chi connectivity index (χ1n) is 13.1. The Labute approximate surface area is 218 Å². The van der Waals surface area contributed by atoms with E-state index >= 15 is 0 Å². The van der Waals surface area contributed by atoms with Gasteiger partial charge in [-0.15, -0.1) is 10.2 Å². The van der Waals surface area contributed by atoms with Gasteiger partial charge in [0.15, 0.2) is 5.16 Å². The molecule has 5 nitrogen and oxygen atoms in total. The van der Waals surface area contributed by atoms with Gasteiger partial charge < -0.3 is 9.80 Å². The van der Waals surface area contributed by atoms with Crippen LogP contribution in [-0.4, -0.2) is 53.9 Å². The van der Waals surface area contributed by atoms with Crippen molar-refractivity contribution in [3.8, 4) is 5.69 Å². The number of anilines is 1. The summed E-state index contributed by atoms with van der Waals surface area (Å²) in [5, 5.41) is 10.8. The monoisotopic (exact) mass is 497 g/mol. The van der Waals surface area contributed by atoms with Gasteiger partial charge in [0, 0.05) is 37.9 Å². The largest absolute Gasteiger partial charge is 0.378 e. The molecule has 4 atom stereocenters. The number of likely N-dealkylation sites (N-methyl/N-ethyl adjacent to an activating group) is 1. The lowest BCUT2D eigenvalue weighted by molar-refractivity contribution is 0.244. The second-order valence-electron chi connectivity index (χ2n) is 10.7. The molecular weight excluding hydrogens is 462 g/mol. The van der Waals surface area contributed by atoms with Crippen LogP contribution in [0.3, 0.4) is 0 Å². The summed E-state index contributed by atoms with van der Waals surface area (Å²) in [6, 6.07) is 19.7. The Kier molecular flexibility index (Phi) is 6.48. The summed E-state index contributed by atoms with van der Waals surface area (Å²) in [6.45, 7) is 2.18. The number of likely N-dealkylation sites (tertiary alicyclic amines) is 1. The lowest BCUT2D eigenvalue weighted by atomic mass is 9.97. The molecule has 1 saturated heterocycles. The Hall–Kier alpha value is -2.83. The Morgan fingerprint density at radius 1 is 1.00 bits per heavy atom. The molecule has 2 aromatic carbocycles. The summed E-state index contributed by atoms with van der Waals surface area (Å²) in [5.41, 5.74) is 5.03. The van der Waals surface area contributed by atoms with Crippen LogP contribution < -0.4 is 4.90 Å². The minimum Gasteiger partial charge on any atom is -0.378 e. The molecule has 1 saturated carbocycles. The van der Waals surface area contributed by atoms with Gasteiger partial charge in [-0.05, 0) is 80.1 Å². The van der Waals surface area contributed by atoms with Gasteiger partial charge >= 0.3 is 0 Å². The van der Waals surface area contributed by atoms with E-state index in [1.807, 2.05) is 11.8 Å². The normalized spacial score (nSPS) is 24.2. The van der Waals surface area contributed by atoms with Crippen LogP contribution in [0.5, 0.6) is 0 Å². The molecule has 0 bridgehead atoms. The molecule has 36 heavy (non-hydrogen) atoms. The van der Waals surface area contributed by atoms with E-state index in [4.69, 9.17) is 10.2 Å². The van der Waals surface area contributed by atoms with Gasteiger partial charge in [0.05, 0.1) is 5.25 Å². The second kappa shape index (κ2) is 9.91. The third kappa shape index (κ3) is 4.76. The summed E-state index contributed by atoms with van der Waals surface area (Å²) in [7, 11) is 6.38.